The van der Waals surface area contributed by atoms with Crippen LogP contribution in [0.1, 0.15) is 89.9 Å². The molecular formula is C36H54N10O7S. The minimum absolute atomic E-state index is 0.0927. The van der Waals surface area contributed by atoms with E-state index >= 15 is 0 Å². The molecule has 0 aliphatic heterocycles. The number of rotatable bonds is 26. The van der Waals surface area contributed by atoms with Crippen LogP contribution in [0.15, 0.2) is 35.5 Å². The monoisotopic (exact) mass is 770 g/mol. The average molecular weight is 771 g/mol. The summed E-state index contributed by atoms with van der Waals surface area (Å²) in [5.41, 5.74) is 6.59. The number of thioether (sulfide) groups is 1. The number of primary amides is 1. The number of aromatic amines is 1. The number of carbonyl (C=O) groups is 7. The number of unbranched alkanes of at least 4 members (excludes halogenated alkanes) is 3. The zero-order chi connectivity index (χ0) is 39.7. The molecule has 7 amide bonds. The highest BCUT2D eigenvalue weighted by Crippen LogP contribution is 2.13. The number of H-pyrrole nitrogens is 1. The van der Waals surface area contributed by atoms with Gasteiger partial charge in [-0.2, -0.15) is 0 Å². The average Bonchev–Trinajstić information content (AvgIpc) is 3.58. The third kappa shape index (κ3) is 20.1. The topological polar surface area (TPSA) is 259 Å². The SMILES string of the molecule is CC(=O)NCCCC[C@H](NC(=O)[C@H](CCCCNC(=O)CSc1n[nH]c(/C=C/c2ccccc2)n1)NC(=O)[C@H](CCCCNC(C)=O)NC(C)=O)C(N)=O. The van der Waals surface area contributed by atoms with Crippen LogP contribution >= 0.6 is 11.8 Å². The van der Waals surface area contributed by atoms with Crippen LogP contribution in [0.5, 0.6) is 0 Å². The number of nitrogens with one attached hydrogen (secondary N) is 7. The number of hydrogen-bond acceptors (Lipinski definition) is 10. The van der Waals surface area contributed by atoms with Gasteiger partial charge in [0.1, 0.15) is 23.9 Å². The summed E-state index contributed by atoms with van der Waals surface area (Å²) in [5.74, 6) is -2.29. The van der Waals surface area contributed by atoms with E-state index in [0.717, 1.165) is 5.56 Å². The molecule has 2 rings (SSSR count). The molecule has 0 bridgehead atoms. The highest BCUT2D eigenvalue weighted by atomic mass is 32.2. The van der Waals surface area contributed by atoms with Gasteiger partial charge in [-0.05, 0) is 69.4 Å². The summed E-state index contributed by atoms with van der Waals surface area (Å²) < 4.78 is 0. The van der Waals surface area contributed by atoms with E-state index in [4.69, 9.17) is 5.73 Å². The molecule has 0 fully saturated rings. The largest absolute Gasteiger partial charge is 0.368 e. The van der Waals surface area contributed by atoms with Crippen molar-refractivity contribution >= 4 is 65.3 Å². The molecular weight excluding hydrogens is 717 g/mol. The van der Waals surface area contributed by atoms with E-state index in [1.807, 2.05) is 36.4 Å². The van der Waals surface area contributed by atoms with E-state index in [1.165, 1.54) is 32.5 Å². The zero-order valence-electron chi connectivity index (χ0n) is 31.2. The quantitative estimate of drug-likeness (QED) is 0.0496. The maximum absolute atomic E-state index is 13.5. The summed E-state index contributed by atoms with van der Waals surface area (Å²) in [6, 6.07) is 6.71. The van der Waals surface area contributed by atoms with Crippen molar-refractivity contribution in [3.05, 3.63) is 41.7 Å². The Morgan fingerprint density at radius 3 is 1.74 bits per heavy atom. The number of amides is 7. The molecule has 1 aromatic heterocycles. The van der Waals surface area contributed by atoms with Gasteiger partial charge in [-0.25, -0.2) is 4.98 Å². The van der Waals surface area contributed by atoms with Crippen molar-refractivity contribution in [1.82, 2.24) is 47.1 Å². The second kappa shape index (κ2) is 25.7. The van der Waals surface area contributed by atoms with E-state index in [1.54, 1.807) is 6.08 Å². The van der Waals surface area contributed by atoms with Crippen molar-refractivity contribution in [2.45, 2.75) is 102 Å². The number of hydrogen-bond donors (Lipinski definition) is 8. The van der Waals surface area contributed by atoms with Crippen molar-refractivity contribution in [2.24, 2.45) is 5.73 Å². The van der Waals surface area contributed by atoms with Crippen LogP contribution in [0.2, 0.25) is 0 Å². The van der Waals surface area contributed by atoms with Gasteiger partial charge in [-0.15, -0.1) is 5.10 Å². The van der Waals surface area contributed by atoms with Gasteiger partial charge < -0.3 is 37.6 Å². The normalized spacial score (nSPS) is 12.6. The summed E-state index contributed by atoms with van der Waals surface area (Å²) in [7, 11) is 0. The Labute approximate surface area is 320 Å². The Bertz CT molecular complexity index is 1550. The molecule has 3 atom stereocenters. The highest BCUT2D eigenvalue weighted by Gasteiger charge is 2.28. The summed E-state index contributed by atoms with van der Waals surface area (Å²) in [6.07, 6.45) is 7.40. The highest BCUT2D eigenvalue weighted by molar-refractivity contribution is 7.99. The first-order valence-electron chi connectivity index (χ1n) is 18.0. The first-order valence-corrected chi connectivity index (χ1v) is 19.0. The first kappa shape index (κ1) is 44.9. The third-order valence-corrected chi connectivity index (χ3v) is 8.71. The van der Waals surface area contributed by atoms with Crippen molar-refractivity contribution in [2.75, 3.05) is 25.4 Å². The molecule has 0 spiro atoms. The molecule has 1 aromatic carbocycles. The van der Waals surface area contributed by atoms with Gasteiger partial charge in [-0.1, -0.05) is 48.2 Å². The van der Waals surface area contributed by atoms with E-state index in [0.29, 0.717) is 69.1 Å². The summed E-state index contributed by atoms with van der Waals surface area (Å²) in [5, 5.41) is 23.6. The van der Waals surface area contributed by atoms with Crippen LogP contribution in [0.4, 0.5) is 0 Å². The van der Waals surface area contributed by atoms with Crippen LogP contribution in [-0.4, -0.2) is 100 Å². The lowest BCUT2D eigenvalue weighted by Crippen LogP contribution is -2.56. The molecule has 1 heterocycles. The van der Waals surface area contributed by atoms with Gasteiger partial charge >= 0.3 is 0 Å². The predicted octanol–water partition coefficient (Wildman–Crippen LogP) is 0.926. The fourth-order valence-corrected chi connectivity index (χ4v) is 5.74. The Morgan fingerprint density at radius 1 is 0.685 bits per heavy atom. The standard InChI is InChI=1S/C36H54N10O7S/c1-24(47)38-20-10-7-15-28(33(37)51)42-35(53)30(43-34(52)29(41-26(3)49)16-8-11-21-39-25(2)48)17-9-12-22-40-32(50)23-54-36-44-31(45-46-36)19-18-27-13-5-4-6-14-27/h4-6,13-14,18-19,28-30H,7-12,15-17,20-23H2,1-3H3,(H2,37,51)(H,38,47)(H,39,48)(H,40,50)(H,41,49)(H,42,53)(H,43,52)(H,44,45,46)/b19-18+/t28-,29-,30-/m0/s1. The maximum Gasteiger partial charge on any atom is 0.243 e. The molecule has 9 N–H and O–H groups in total. The third-order valence-electron chi connectivity index (χ3n) is 7.86. The summed E-state index contributed by atoms with van der Waals surface area (Å²) >= 11 is 1.18. The minimum Gasteiger partial charge on any atom is -0.368 e. The second-order valence-corrected chi connectivity index (χ2v) is 13.6. The van der Waals surface area contributed by atoms with Crippen molar-refractivity contribution < 1.29 is 33.6 Å². The van der Waals surface area contributed by atoms with Gasteiger partial charge in [-0.3, -0.25) is 38.7 Å². The molecule has 0 aliphatic carbocycles. The molecule has 0 unspecified atom stereocenters. The van der Waals surface area contributed by atoms with E-state index in [-0.39, 0.29) is 42.7 Å². The second-order valence-electron chi connectivity index (χ2n) is 12.6. The zero-order valence-corrected chi connectivity index (χ0v) is 32.0. The number of benzene rings is 1. The Hall–Kier alpha value is -5.26. The van der Waals surface area contributed by atoms with Crippen LogP contribution in [0, 0.1) is 0 Å². The Balaban J connectivity index is 1.94. The molecule has 0 saturated heterocycles. The van der Waals surface area contributed by atoms with Crippen LogP contribution in [0.25, 0.3) is 12.2 Å². The lowest BCUT2D eigenvalue weighted by atomic mass is 10.0. The van der Waals surface area contributed by atoms with Crippen molar-refractivity contribution in [1.29, 1.82) is 0 Å². The minimum atomic E-state index is -1.07. The predicted molar refractivity (Wildman–Crippen MR) is 205 cm³/mol. The first-order chi connectivity index (χ1) is 25.8. The number of nitrogens with two attached hydrogens (primary N) is 1. The van der Waals surface area contributed by atoms with Crippen LogP contribution < -0.4 is 37.6 Å². The molecule has 0 saturated carbocycles. The van der Waals surface area contributed by atoms with E-state index < -0.39 is 41.8 Å². The maximum atomic E-state index is 13.5. The van der Waals surface area contributed by atoms with Crippen molar-refractivity contribution in [3.8, 4) is 0 Å². The van der Waals surface area contributed by atoms with E-state index in [2.05, 4.69) is 47.1 Å². The molecule has 296 valence electrons. The van der Waals surface area contributed by atoms with Gasteiger partial charge in [0.25, 0.3) is 0 Å². The molecule has 0 aliphatic rings. The van der Waals surface area contributed by atoms with E-state index in [9.17, 15) is 33.6 Å². The van der Waals surface area contributed by atoms with Gasteiger partial charge in [0.15, 0.2) is 0 Å². The lowest BCUT2D eigenvalue weighted by Gasteiger charge is -2.25. The lowest BCUT2D eigenvalue weighted by molar-refractivity contribution is -0.133. The summed E-state index contributed by atoms with van der Waals surface area (Å²) in [6.45, 7) is 5.22. The van der Waals surface area contributed by atoms with Gasteiger partial charge in [0.2, 0.25) is 46.5 Å². The van der Waals surface area contributed by atoms with Gasteiger partial charge in [0.05, 0.1) is 5.75 Å². The Kier molecular flexibility index (Phi) is 21.3. The fourth-order valence-electron chi connectivity index (χ4n) is 5.11. The molecule has 18 heteroatoms. The van der Waals surface area contributed by atoms with Crippen LogP contribution in [-0.2, 0) is 33.6 Å². The molecule has 54 heavy (non-hydrogen) atoms. The smallest absolute Gasteiger partial charge is 0.243 e. The number of carbonyl (C=O) groups excluding carboxylic acids is 7. The molecule has 2 aromatic rings. The Morgan fingerprint density at radius 2 is 1.20 bits per heavy atom. The number of aromatic nitrogens is 3. The molecule has 17 nitrogen and oxygen atoms in total. The summed E-state index contributed by atoms with van der Waals surface area (Å²) in [4.78, 5) is 90.1. The van der Waals surface area contributed by atoms with Gasteiger partial charge in [0, 0.05) is 40.4 Å². The molecule has 0 radical (unpaired) electrons. The fraction of sp³-hybridized carbons (Fsp3) is 0.528. The number of nitrogens with zero attached hydrogens (tertiary/aromatic N) is 2. The van der Waals surface area contributed by atoms with Crippen LogP contribution in [0.3, 0.4) is 0 Å². The van der Waals surface area contributed by atoms with Crippen molar-refractivity contribution in [3.63, 3.8) is 0 Å².